The van der Waals surface area contributed by atoms with Crippen LogP contribution in [-0.2, 0) is 0 Å². The predicted molar refractivity (Wildman–Crippen MR) is 155 cm³/mol. The van der Waals surface area contributed by atoms with Gasteiger partial charge in [0.25, 0.3) is 0 Å². The molecule has 0 radical (unpaired) electrons. The monoisotopic (exact) mass is 451 g/mol. The van der Waals surface area contributed by atoms with E-state index in [1.807, 2.05) is 0 Å². The molecule has 0 N–H and O–H groups in total. The number of hydrogen-bond acceptors (Lipinski definition) is 1. The van der Waals surface area contributed by atoms with Gasteiger partial charge in [-0.25, -0.2) is 0 Å². The summed E-state index contributed by atoms with van der Waals surface area (Å²) in [6, 6.07) is 44.0. The summed E-state index contributed by atoms with van der Waals surface area (Å²) in [5.74, 6) is 0. The van der Waals surface area contributed by atoms with Gasteiger partial charge < -0.3 is 4.90 Å². The number of fused-ring (bicyclic) bond motifs is 1. The van der Waals surface area contributed by atoms with E-state index in [9.17, 15) is 0 Å². The third kappa shape index (κ3) is 4.93. The van der Waals surface area contributed by atoms with Crippen molar-refractivity contribution in [1.82, 2.24) is 0 Å². The van der Waals surface area contributed by atoms with Crippen LogP contribution in [0.3, 0.4) is 0 Å². The standard InChI is InChI=1S/C33H30BN/c1-25-17-21-31(22-18-25)34(30-14-5-4-6-15-30)32(24-29-13-9-10-16-33(29)35(2)3)28-20-19-26-11-7-8-12-27(26)23-28/h4-24H,1-3H3/b32-24-. The van der Waals surface area contributed by atoms with Gasteiger partial charge >= 0.3 is 0 Å². The first kappa shape index (κ1) is 22.7. The molecule has 5 rings (SSSR count). The van der Waals surface area contributed by atoms with Crippen LogP contribution in [0.2, 0.25) is 0 Å². The van der Waals surface area contributed by atoms with Gasteiger partial charge in [0, 0.05) is 19.8 Å². The van der Waals surface area contributed by atoms with Gasteiger partial charge in [-0.15, -0.1) is 0 Å². The number of aryl methyl sites for hydroxylation is 1. The van der Waals surface area contributed by atoms with Gasteiger partial charge in [0.1, 0.15) is 0 Å². The molecule has 0 amide bonds. The van der Waals surface area contributed by atoms with E-state index < -0.39 is 0 Å². The number of nitrogens with zero attached hydrogens (tertiary/aromatic N) is 1. The Morgan fingerprint density at radius 2 is 1.26 bits per heavy atom. The highest BCUT2D eigenvalue weighted by Gasteiger charge is 2.25. The molecule has 0 saturated heterocycles. The zero-order chi connectivity index (χ0) is 24.2. The fourth-order valence-electron chi connectivity index (χ4n) is 4.84. The molecule has 0 saturated carbocycles. The molecule has 1 nitrogen and oxygen atoms in total. The van der Waals surface area contributed by atoms with E-state index in [1.165, 1.54) is 49.5 Å². The second-order valence-electron chi connectivity index (χ2n) is 9.37. The van der Waals surface area contributed by atoms with E-state index >= 15 is 0 Å². The van der Waals surface area contributed by atoms with E-state index in [2.05, 4.69) is 153 Å². The van der Waals surface area contributed by atoms with Crippen molar-refractivity contribution in [2.24, 2.45) is 0 Å². The van der Waals surface area contributed by atoms with Crippen LogP contribution in [0.4, 0.5) is 5.69 Å². The number of hydrogen-bond donors (Lipinski definition) is 0. The normalized spacial score (nSPS) is 11.5. The number of rotatable bonds is 6. The lowest BCUT2D eigenvalue weighted by molar-refractivity contribution is 1.13. The molecule has 5 aromatic rings. The second-order valence-corrected chi connectivity index (χ2v) is 9.37. The van der Waals surface area contributed by atoms with Gasteiger partial charge in [0.2, 0.25) is 6.71 Å². The molecule has 0 atom stereocenters. The van der Waals surface area contributed by atoms with E-state index in [0.717, 1.165) is 0 Å². The Morgan fingerprint density at radius 3 is 2.00 bits per heavy atom. The fraction of sp³-hybridized carbons (Fsp3) is 0.0909. The topological polar surface area (TPSA) is 3.24 Å². The maximum absolute atomic E-state index is 2.39. The zero-order valence-electron chi connectivity index (χ0n) is 20.6. The van der Waals surface area contributed by atoms with Crippen LogP contribution >= 0.6 is 0 Å². The molecule has 0 aliphatic carbocycles. The molecular formula is C33H30BN. The summed E-state index contributed by atoms with van der Waals surface area (Å²) in [4.78, 5) is 2.19. The average Bonchev–Trinajstić information content (AvgIpc) is 2.90. The summed E-state index contributed by atoms with van der Waals surface area (Å²) in [5.41, 5.74) is 8.82. The Labute approximate surface area is 209 Å². The lowest BCUT2D eigenvalue weighted by atomic mass is 9.35. The van der Waals surface area contributed by atoms with Gasteiger partial charge in [-0.2, -0.15) is 0 Å². The van der Waals surface area contributed by atoms with Crippen LogP contribution in [0.25, 0.3) is 22.3 Å². The van der Waals surface area contributed by atoms with Crippen molar-refractivity contribution in [3.05, 3.63) is 138 Å². The molecular weight excluding hydrogens is 421 g/mol. The van der Waals surface area contributed by atoms with Gasteiger partial charge in [-0.1, -0.05) is 137 Å². The van der Waals surface area contributed by atoms with Gasteiger partial charge in [-0.3, -0.25) is 0 Å². The molecule has 0 bridgehead atoms. The smallest absolute Gasteiger partial charge is 0.241 e. The first-order valence-corrected chi connectivity index (χ1v) is 12.2. The predicted octanol–water partition coefficient (Wildman–Crippen LogP) is 6.60. The molecule has 0 aliphatic heterocycles. The minimum atomic E-state index is 0.105. The molecule has 35 heavy (non-hydrogen) atoms. The Bertz CT molecular complexity index is 1470. The Kier molecular flexibility index (Phi) is 6.54. The molecule has 0 spiro atoms. The second kappa shape index (κ2) is 10.1. The summed E-state index contributed by atoms with van der Waals surface area (Å²) in [6.45, 7) is 2.25. The van der Waals surface area contributed by atoms with Crippen LogP contribution in [0.15, 0.2) is 121 Å². The van der Waals surface area contributed by atoms with Crippen molar-refractivity contribution in [3.63, 3.8) is 0 Å². The van der Waals surface area contributed by atoms with Gasteiger partial charge in [0.15, 0.2) is 0 Å². The summed E-state index contributed by atoms with van der Waals surface area (Å²) in [7, 11) is 4.22. The molecule has 0 heterocycles. The number of para-hydroxylation sites is 1. The highest BCUT2D eigenvalue weighted by molar-refractivity contribution is 7.00. The summed E-state index contributed by atoms with van der Waals surface area (Å²) in [6.07, 6.45) is 2.39. The quantitative estimate of drug-likeness (QED) is 0.208. The van der Waals surface area contributed by atoms with Crippen molar-refractivity contribution < 1.29 is 0 Å². The van der Waals surface area contributed by atoms with Crippen molar-refractivity contribution in [3.8, 4) is 0 Å². The summed E-state index contributed by atoms with van der Waals surface area (Å²) in [5, 5.41) is 2.52. The van der Waals surface area contributed by atoms with Crippen molar-refractivity contribution in [2.75, 3.05) is 19.0 Å². The molecule has 0 fully saturated rings. The molecule has 2 heteroatoms. The third-order valence-electron chi connectivity index (χ3n) is 6.67. The Hall–Kier alpha value is -4.04. The molecule has 0 aliphatic rings. The third-order valence-corrected chi connectivity index (χ3v) is 6.67. The van der Waals surface area contributed by atoms with E-state index in [4.69, 9.17) is 0 Å². The maximum Gasteiger partial charge on any atom is 0.241 e. The largest absolute Gasteiger partial charge is 0.377 e. The van der Waals surface area contributed by atoms with E-state index in [1.54, 1.807) is 0 Å². The van der Waals surface area contributed by atoms with Crippen LogP contribution in [0.5, 0.6) is 0 Å². The first-order chi connectivity index (χ1) is 17.1. The van der Waals surface area contributed by atoms with Crippen LogP contribution < -0.4 is 15.8 Å². The molecule has 0 aromatic heterocycles. The van der Waals surface area contributed by atoms with Crippen LogP contribution in [0.1, 0.15) is 16.7 Å². The SMILES string of the molecule is Cc1ccc(B(/C(=C\c2ccccc2N(C)C)c2ccc3ccccc3c2)c2ccccc2)cc1. The van der Waals surface area contributed by atoms with Crippen LogP contribution in [0, 0.1) is 6.92 Å². The van der Waals surface area contributed by atoms with E-state index in [-0.39, 0.29) is 6.71 Å². The zero-order valence-corrected chi connectivity index (χ0v) is 20.6. The van der Waals surface area contributed by atoms with Crippen molar-refractivity contribution in [2.45, 2.75) is 6.92 Å². The molecule has 170 valence electrons. The molecule has 0 unspecified atom stereocenters. The number of anilines is 1. The fourth-order valence-corrected chi connectivity index (χ4v) is 4.84. The minimum Gasteiger partial charge on any atom is -0.377 e. The molecule has 5 aromatic carbocycles. The maximum atomic E-state index is 2.39. The van der Waals surface area contributed by atoms with Gasteiger partial charge in [0.05, 0.1) is 0 Å². The van der Waals surface area contributed by atoms with Crippen molar-refractivity contribution >= 4 is 45.6 Å². The Morgan fingerprint density at radius 1 is 0.629 bits per heavy atom. The first-order valence-electron chi connectivity index (χ1n) is 12.2. The average molecular weight is 451 g/mol. The highest BCUT2D eigenvalue weighted by Crippen LogP contribution is 2.29. The van der Waals surface area contributed by atoms with Gasteiger partial charge in [-0.05, 0) is 41.0 Å². The lowest BCUT2D eigenvalue weighted by Crippen LogP contribution is -2.43. The lowest BCUT2D eigenvalue weighted by Gasteiger charge is -2.22. The van der Waals surface area contributed by atoms with Crippen molar-refractivity contribution in [1.29, 1.82) is 0 Å². The van der Waals surface area contributed by atoms with E-state index in [0.29, 0.717) is 0 Å². The number of benzene rings is 5. The van der Waals surface area contributed by atoms with Crippen LogP contribution in [-0.4, -0.2) is 20.8 Å². The highest BCUT2D eigenvalue weighted by atomic mass is 15.1. The minimum absolute atomic E-state index is 0.105. The summed E-state index contributed by atoms with van der Waals surface area (Å²) < 4.78 is 0. The summed E-state index contributed by atoms with van der Waals surface area (Å²) >= 11 is 0. The Balaban J connectivity index is 1.79.